The van der Waals surface area contributed by atoms with Crippen LogP contribution in [0.5, 0.6) is 0 Å². The normalized spacial score (nSPS) is 17.7. The molecule has 1 atom stereocenters. The van der Waals surface area contributed by atoms with E-state index in [2.05, 4.69) is 25.1 Å². The third kappa shape index (κ3) is 1.79. The summed E-state index contributed by atoms with van der Waals surface area (Å²) in [5, 5.41) is 9.61. The third-order valence-corrected chi connectivity index (χ3v) is 2.48. The van der Waals surface area contributed by atoms with Crippen LogP contribution in [0.1, 0.15) is 21.0 Å². The molecule has 1 aromatic rings. The number of carbonyl (C=O) groups is 3. The van der Waals surface area contributed by atoms with Crippen LogP contribution >= 0.6 is 0 Å². The van der Waals surface area contributed by atoms with Gasteiger partial charge in [-0.05, 0) is 0 Å². The Morgan fingerprint density at radius 2 is 2.11 bits per heavy atom. The van der Waals surface area contributed by atoms with E-state index in [-0.39, 0.29) is 17.9 Å². The van der Waals surface area contributed by atoms with Gasteiger partial charge < -0.3 is 14.8 Å². The summed E-state index contributed by atoms with van der Waals surface area (Å²) in [6, 6.07) is -0.845. The van der Waals surface area contributed by atoms with E-state index in [1.165, 1.54) is 18.9 Å². The van der Waals surface area contributed by atoms with Crippen molar-refractivity contribution < 1.29 is 23.9 Å². The highest BCUT2D eigenvalue weighted by Gasteiger charge is 2.35. The van der Waals surface area contributed by atoms with Crippen LogP contribution in [0.2, 0.25) is 0 Å². The quantitative estimate of drug-likeness (QED) is 0.629. The molecular formula is C9H10N4O5. The molecule has 9 nitrogen and oxygen atoms in total. The van der Waals surface area contributed by atoms with Crippen molar-refractivity contribution in [3.05, 3.63) is 11.4 Å². The van der Waals surface area contributed by atoms with Crippen molar-refractivity contribution in [1.29, 1.82) is 0 Å². The Labute approximate surface area is 101 Å². The van der Waals surface area contributed by atoms with Gasteiger partial charge in [0.1, 0.15) is 6.04 Å². The van der Waals surface area contributed by atoms with Crippen LogP contribution in [-0.2, 0) is 20.8 Å². The fourth-order valence-electron chi connectivity index (χ4n) is 1.62. The van der Waals surface area contributed by atoms with Gasteiger partial charge in [0.2, 0.25) is 5.69 Å². The second kappa shape index (κ2) is 4.43. The van der Waals surface area contributed by atoms with Crippen LogP contribution in [0.25, 0.3) is 0 Å². The molecule has 0 saturated heterocycles. The van der Waals surface area contributed by atoms with Gasteiger partial charge in [0.15, 0.2) is 5.69 Å². The summed E-state index contributed by atoms with van der Waals surface area (Å²) in [7, 11) is 2.39. The van der Waals surface area contributed by atoms with Crippen molar-refractivity contribution in [1.82, 2.24) is 20.3 Å². The molecular weight excluding hydrogens is 244 g/mol. The molecule has 0 bridgehead atoms. The molecule has 18 heavy (non-hydrogen) atoms. The average Bonchev–Trinajstić information content (AvgIpc) is 2.81. The molecule has 2 rings (SSSR count). The van der Waals surface area contributed by atoms with E-state index in [9.17, 15) is 14.4 Å². The maximum Gasteiger partial charge on any atom is 0.361 e. The Morgan fingerprint density at radius 1 is 1.39 bits per heavy atom. The number of amides is 1. The summed E-state index contributed by atoms with van der Waals surface area (Å²) in [6.45, 7) is 0.0533. The first-order valence-corrected chi connectivity index (χ1v) is 4.99. The maximum atomic E-state index is 11.8. The van der Waals surface area contributed by atoms with Crippen LogP contribution < -0.4 is 5.32 Å². The SMILES string of the molecule is COC(=O)c1nnn2c1C(=O)NC(C(=O)OC)C2. The Bertz CT molecular complexity index is 523. The maximum absolute atomic E-state index is 11.8. The standard InChI is InChI=1S/C9H10N4O5/c1-17-8(15)4-3-13-6(7(14)10-4)5(11-12-13)9(16)18-2/h4H,3H2,1-2H3,(H,10,14). The molecule has 1 unspecified atom stereocenters. The Kier molecular flexibility index (Phi) is 2.96. The molecule has 1 aromatic heterocycles. The van der Waals surface area contributed by atoms with E-state index in [0.717, 1.165) is 0 Å². The predicted octanol–water partition coefficient (Wildman–Crippen LogP) is -1.65. The van der Waals surface area contributed by atoms with Gasteiger partial charge in [-0.3, -0.25) is 4.79 Å². The molecule has 0 radical (unpaired) electrons. The number of hydrogen-bond donors (Lipinski definition) is 1. The van der Waals surface area contributed by atoms with Gasteiger partial charge in [-0.1, -0.05) is 5.21 Å². The predicted molar refractivity (Wildman–Crippen MR) is 54.6 cm³/mol. The molecule has 0 aliphatic carbocycles. The van der Waals surface area contributed by atoms with E-state index in [1.807, 2.05) is 0 Å². The molecule has 1 amide bonds. The first-order valence-electron chi connectivity index (χ1n) is 4.99. The fraction of sp³-hybridized carbons (Fsp3) is 0.444. The summed E-state index contributed by atoms with van der Waals surface area (Å²) in [5.74, 6) is -1.98. The second-order valence-electron chi connectivity index (χ2n) is 3.51. The smallest absolute Gasteiger partial charge is 0.361 e. The first kappa shape index (κ1) is 12.0. The molecule has 0 fully saturated rings. The number of fused-ring (bicyclic) bond motifs is 1. The van der Waals surface area contributed by atoms with Gasteiger partial charge in [-0.2, -0.15) is 0 Å². The van der Waals surface area contributed by atoms with E-state index in [4.69, 9.17) is 0 Å². The number of nitrogens with one attached hydrogen (secondary N) is 1. The van der Waals surface area contributed by atoms with Gasteiger partial charge in [0, 0.05) is 0 Å². The van der Waals surface area contributed by atoms with Crippen LogP contribution in [0, 0.1) is 0 Å². The number of ether oxygens (including phenoxy) is 2. The lowest BCUT2D eigenvalue weighted by atomic mass is 10.2. The van der Waals surface area contributed by atoms with Crippen molar-refractivity contribution in [2.45, 2.75) is 12.6 Å². The molecule has 0 saturated carbocycles. The minimum atomic E-state index is -0.845. The van der Waals surface area contributed by atoms with Gasteiger partial charge in [-0.25, -0.2) is 14.3 Å². The van der Waals surface area contributed by atoms with Crippen LogP contribution in [-0.4, -0.2) is 53.1 Å². The average molecular weight is 254 g/mol. The summed E-state index contributed by atoms with van der Waals surface area (Å²) < 4.78 is 10.2. The Hall–Kier alpha value is -2.45. The topological polar surface area (TPSA) is 112 Å². The minimum absolute atomic E-state index is 0.0259. The monoisotopic (exact) mass is 254 g/mol. The summed E-state index contributed by atoms with van der Waals surface area (Å²) >= 11 is 0. The van der Waals surface area contributed by atoms with Gasteiger partial charge in [0.05, 0.1) is 20.8 Å². The van der Waals surface area contributed by atoms with Crippen LogP contribution in [0.15, 0.2) is 0 Å². The Morgan fingerprint density at radius 3 is 2.72 bits per heavy atom. The minimum Gasteiger partial charge on any atom is -0.467 e. The van der Waals surface area contributed by atoms with Crippen LogP contribution in [0.3, 0.4) is 0 Å². The van der Waals surface area contributed by atoms with Crippen LogP contribution in [0.4, 0.5) is 0 Å². The van der Waals surface area contributed by atoms with Crippen molar-refractivity contribution >= 4 is 17.8 Å². The summed E-state index contributed by atoms with van der Waals surface area (Å²) in [4.78, 5) is 34.5. The zero-order chi connectivity index (χ0) is 13.3. The largest absolute Gasteiger partial charge is 0.467 e. The summed E-state index contributed by atoms with van der Waals surface area (Å²) in [5.41, 5.74) is -0.208. The number of nitrogens with zero attached hydrogens (tertiary/aromatic N) is 3. The molecule has 0 aromatic carbocycles. The zero-order valence-corrected chi connectivity index (χ0v) is 9.67. The van der Waals surface area contributed by atoms with Gasteiger partial charge in [0.25, 0.3) is 5.91 Å². The molecule has 9 heteroatoms. The lowest BCUT2D eigenvalue weighted by molar-refractivity contribution is -0.143. The highest BCUT2D eigenvalue weighted by molar-refractivity contribution is 6.04. The lowest BCUT2D eigenvalue weighted by Crippen LogP contribution is -2.49. The van der Waals surface area contributed by atoms with Crippen molar-refractivity contribution in [3.63, 3.8) is 0 Å². The molecule has 1 N–H and O–H groups in total. The molecule has 1 aliphatic rings. The lowest BCUT2D eigenvalue weighted by Gasteiger charge is -2.21. The van der Waals surface area contributed by atoms with Crippen molar-refractivity contribution in [2.75, 3.05) is 14.2 Å². The first-order chi connectivity index (χ1) is 8.58. The molecule has 1 aliphatic heterocycles. The Balaban J connectivity index is 2.35. The fourth-order valence-corrected chi connectivity index (χ4v) is 1.62. The number of rotatable bonds is 2. The summed E-state index contributed by atoms with van der Waals surface area (Å²) in [6.07, 6.45) is 0. The van der Waals surface area contributed by atoms with E-state index in [1.54, 1.807) is 0 Å². The van der Waals surface area contributed by atoms with E-state index >= 15 is 0 Å². The second-order valence-corrected chi connectivity index (χ2v) is 3.51. The molecule has 0 spiro atoms. The third-order valence-electron chi connectivity index (χ3n) is 2.48. The highest BCUT2D eigenvalue weighted by Crippen LogP contribution is 2.13. The van der Waals surface area contributed by atoms with Gasteiger partial charge >= 0.3 is 11.9 Å². The van der Waals surface area contributed by atoms with E-state index in [0.29, 0.717) is 0 Å². The number of hydrogen-bond acceptors (Lipinski definition) is 7. The molecule has 2 heterocycles. The number of methoxy groups -OCH3 is 2. The zero-order valence-electron chi connectivity index (χ0n) is 9.67. The molecule has 96 valence electrons. The highest BCUT2D eigenvalue weighted by atomic mass is 16.5. The van der Waals surface area contributed by atoms with Crippen molar-refractivity contribution in [2.24, 2.45) is 0 Å². The number of carbonyl (C=O) groups excluding carboxylic acids is 3. The van der Waals surface area contributed by atoms with Gasteiger partial charge in [-0.15, -0.1) is 5.10 Å². The number of aromatic nitrogens is 3. The number of esters is 2. The van der Waals surface area contributed by atoms with E-state index < -0.39 is 23.9 Å². The van der Waals surface area contributed by atoms with Crippen molar-refractivity contribution in [3.8, 4) is 0 Å².